The van der Waals surface area contributed by atoms with Gasteiger partial charge in [0.25, 0.3) is 0 Å². The van der Waals surface area contributed by atoms with Crippen LogP contribution in [0.25, 0.3) is 5.69 Å². The predicted molar refractivity (Wildman–Crippen MR) is 79.2 cm³/mol. The molecule has 0 radical (unpaired) electrons. The molecule has 0 saturated carbocycles. The highest BCUT2D eigenvalue weighted by Gasteiger charge is 2.26. The van der Waals surface area contributed by atoms with E-state index in [0.29, 0.717) is 0 Å². The van der Waals surface area contributed by atoms with E-state index in [0.717, 1.165) is 29.9 Å². The van der Waals surface area contributed by atoms with Gasteiger partial charge in [0.15, 0.2) is 0 Å². The molecule has 0 N–H and O–H groups in total. The van der Waals surface area contributed by atoms with Crippen molar-refractivity contribution in [3.8, 4) is 5.69 Å². The second-order valence-electron chi connectivity index (χ2n) is 5.51. The second kappa shape index (κ2) is 4.78. The normalized spacial score (nSPS) is 17.9. The van der Waals surface area contributed by atoms with Crippen molar-refractivity contribution in [3.05, 3.63) is 42.0 Å². The smallest absolute Gasteiger partial charge is 0.224 e. The van der Waals surface area contributed by atoms with E-state index in [1.165, 1.54) is 5.56 Å². The molecule has 2 aromatic rings. The maximum atomic E-state index is 11.8. The van der Waals surface area contributed by atoms with Gasteiger partial charge in [-0.15, -0.1) is 0 Å². The maximum absolute atomic E-state index is 11.8. The van der Waals surface area contributed by atoms with Crippen LogP contribution in [0.5, 0.6) is 0 Å². The number of hydrogen-bond donors (Lipinski definition) is 0. The van der Waals surface area contributed by atoms with E-state index in [9.17, 15) is 4.79 Å². The number of anilines is 1. The summed E-state index contributed by atoms with van der Waals surface area (Å²) in [4.78, 5) is 18.0. The Morgan fingerprint density at radius 3 is 2.85 bits per heavy atom. The third-order valence-corrected chi connectivity index (χ3v) is 3.94. The van der Waals surface area contributed by atoms with Crippen molar-refractivity contribution in [3.63, 3.8) is 0 Å². The lowest BCUT2D eigenvalue weighted by Crippen LogP contribution is -2.40. The van der Waals surface area contributed by atoms with E-state index >= 15 is 0 Å². The molecule has 0 unspecified atom stereocenters. The molecule has 1 atom stereocenters. The second-order valence-corrected chi connectivity index (χ2v) is 5.51. The first-order valence-corrected chi connectivity index (χ1v) is 7.00. The van der Waals surface area contributed by atoms with Crippen LogP contribution in [0.4, 0.5) is 5.69 Å². The number of benzene rings is 1. The zero-order valence-corrected chi connectivity index (χ0v) is 12.1. The quantitative estimate of drug-likeness (QED) is 0.798. The largest absolute Gasteiger partial charge is 0.310 e. The molecule has 1 aromatic heterocycles. The molecule has 3 rings (SSSR count). The Morgan fingerprint density at radius 1 is 1.40 bits per heavy atom. The molecule has 0 saturated heterocycles. The molecule has 20 heavy (non-hydrogen) atoms. The van der Waals surface area contributed by atoms with Crippen molar-refractivity contribution in [1.82, 2.24) is 9.55 Å². The van der Waals surface area contributed by atoms with Gasteiger partial charge in [0.1, 0.15) is 0 Å². The molecule has 1 amide bonds. The van der Waals surface area contributed by atoms with Gasteiger partial charge in [0.2, 0.25) is 5.91 Å². The number of rotatable bonds is 1. The van der Waals surface area contributed by atoms with E-state index in [4.69, 9.17) is 0 Å². The number of carbonyl (C=O) groups excluding carboxylic acids is 1. The summed E-state index contributed by atoms with van der Waals surface area (Å²) in [6, 6.07) is 6.55. The van der Waals surface area contributed by atoms with Gasteiger partial charge in [0.05, 0.1) is 12.0 Å². The first-order valence-electron chi connectivity index (χ1n) is 7.00. The molecule has 0 aliphatic carbocycles. The van der Waals surface area contributed by atoms with Gasteiger partial charge in [-0.25, -0.2) is 4.98 Å². The van der Waals surface area contributed by atoms with Crippen LogP contribution in [0.1, 0.15) is 31.5 Å². The predicted octanol–water partition coefficient (Wildman–Crippen LogP) is 2.87. The number of carbonyl (C=O) groups is 1. The minimum absolute atomic E-state index is 0.115. The fourth-order valence-electron chi connectivity index (χ4n) is 2.94. The number of aromatic nitrogens is 2. The maximum Gasteiger partial charge on any atom is 0.224 e. The lowest BCUT2D eigenvalue weighted by molar-refractivity contribution is -0.117. The molecule has 0 fully saturated rings. The van der Waals surface area contributed by atoms with Gasteiger partial charge in [-0.1, -0.05) is 0 Å². The molecule has 0 spiro atoms. The van der Waals surface area contributed by atoms with Crippen molar-refractivity contribution in [1.29, 1.82) is 0 Å². The summed E-state index contributed by atoms with van der Waals surface area (Å²) in [7, 11) is 0. The van der Waals surface area contributed by atoms with Crippen LogP contribution in [-0.2, 0) is 11.2 Å². The highest BCUT2D eigenvalue weighted by Crippen LogP contribution is 2.32. The number of aryl methyl sites for hydroxylation is 2. The third-order valence-electron chi connectivity index (χ3n) is 3.94. The summed E-state index contributed by atoms with van der Waals surface area (Å²) in [5, 5.41) is 0. The molecule has 4 nitrogen and oxygen atoms in total. The first-order chi connectivity index (χ1) is 9.56. The molecule has 1 aliphatic heterocycles. The Balaban J connectivity index is 2.03. The minimum atomic E-state index is 0.115. The van der Waals surface area contributed by atoms with Crippen molar-refractivity contribution >= 4 is 11.6 Å². The van der Waals surface area contributed by atoms with Gasteiger partial charge >= 0.3 is 0 Å². The molecule has 2 heterocycles. The van der Waals surface area contributed by atoms with Crippen LogP contribution in [0.2, 0.25) is 0 Å². The molecular formula is C16H19N3O. The standard InChI is InChI=1S/C16H19N3O/c1-11-9-18(10-17-11)15-6-7-16-14(8-15)5-4-12(2)19(16)13(3)20/h6-10,12H,4-5H2,1-3H3/t12-/m0/s1. The molecule has 104 valence electrons. The van der Waals surface area contributed by atoms with Crippen LogP contribution >= 0.6 is 0 Å². The summed E-state index contributed by atoms with van der Waals surface area (Å²) in [5.41, 5.74) is 4.39. The van der Waals surface area contributed by atoms with Gasteiger partial charge in [-0.05, 0) is 50.5 Å². The van der Waals surface area contributed by atoms with E-state index in [1.54, 1.807) is 6.92 Å². The summed E-state index contributed by atoms with van der Waals surface area (Å²) in [5.74, 6) is 0.115. The van der Waals surface area contributed by atoms with Crippen molar-refractivity contribution in [2.75, 3.05) is 4.90 Å². The van der Waals surface area contributed by atoms with Crippen molar-refractivity contribution in [2.24, 2.45) is 0 Å². The monoisotopic (exact) mass is 269 g/mol. The molecular weight excluding hydrogens is 250 g/mol. The van der Waals surface area contributed by atoms with Gasteiger partial charge in [-0.3, -0.25) is 4.79 Å². The Labute approximate surface area is 119 Å². The van der Waals surface area contributed by atoms with Crippen molar-refractivity contribution in [2.45, 2.75) is 39.7 Å². The highest BCUT2D eigenvalue weighted by molar-refractivity contribution is 5.93. The highest BCUT2D eigenvalue weighted by atomic mass is 16.2. The first kappa shape index (κ1) is 12.9. The third kappa shape index (κ3) is 2.11. The fraction of sp³-hybridized carbons (Fsp3) is 0.375. The number of nitrogens with zero attached hydrogens (tertiary/aromatic N) is 3. The number of hydrogen-bond acceptors (Lipinski definition) is 2. The van der Waals surface area contributed by atoms with E-state index in [2.05, 4.69) is 24.0 Å². The Hall–Kier alpha value is -2.10. The van der Waals surface area contributed by atoms with Crippen LogP contribution in [0.3, 0.4) is 0 Å². The topological polar surface area (TPSA) is 38.1 Å². The fourth-order valence-corrected chi connectivity index (χ4v) is 2.94. The van der Waals surface area contributed by atoms with E-state index < -0.39 is 0 Å². The van der Waals surface area contributed by atoms with E-state index in [-0.39, 0.29) is 11.9 Å². The zero-order valence-electron chi connectivity index (χ0n) is 12.1. The lowest BCUT2D eigenvalue weighted by Gasteiger charge is -2.34. The SMILES string of the molecule is CC(=O)N1c2ccc(-n3cnc(C)c3)cc2CC[C@@H]1C. The molecule has 1 aliphatic rings. The molecule has 1 aromatic carbocycles. The molecule has 0 bridgehead atoms. The number of imidazole rings is 1. The Bertz CT molecular complexity index is 659. The van der Waals surface area contributed by atoms with Crippen LogP contribution < -0.4 is 4.90 Å². The zero-order chi connectivity index (χ0) is 14.3. The Morgan fingerprint density at radius 2 is 2.20 bits per heavy atom. The Kier molecular flexibility index (Phi) is 3.08. The molecule has 4 heteroatoms. The van der Waals surface area contributed by atoms with Crippen LogP contribution in [-0.4, -0.2) is 21.5 Å². The average Bonchev–Trinajstić information content (AvgIpc) is 2.84. The van der Waals surface area contributed by atoms with E-state index in [1.807, 2.05) is 35.0 Å². The number of fused-ring (bicyclic) bond motifs is 1. The summed E-state index contributed by atoms with van der Waals surface area (Å²) >= 11 is 0. The number of amides is 1. The van der Waals surface area contributed by atoms with Gasteiger partial charge in [0, 0.05) is 30.5 Å². The summed E-state index contributed by atoms with van der Waals surface area (Å²) in [6.07, 6.45) is 5.86. The van der Waals surface area contributed by atoms with Crippen molar-refractivity contribution < 1.29 is 4.79 Å². The average molecular weight is 269 g/mol. The van der Waals surface area contributed by atoms with Gasteiger partial charge < -0.3 is 9.47 Å². The lowest BCUT2D eigenvalue weighted by atomic mass is 9.96. The summed E-state index contributed by atoms with van der Waals surface area (Å²) in [6.45, 7) is 5.73. The van der Waals surface area contributed by atoms with Crippen LogP contribution in [0.15, 0.2) is 30.7 Å². The summed E-state index contributed by atoms with van der Waals surface area (Å²) < 4.78 is 2.02. The minimum Gasteiger partial charge on any atom is -0.310 e. The van der Waals surface area contributed by atoms with Crippen LogP contribution in [0, 0.1) is 6.92 Å². The van der Waals surface area contributed by atoms with Gasteiger partial charge in [-0.2, -0.15) is 0 Å².